The quantitative estimate of drug-likeness (QED) is 0.186. The van der Waals surface area contributed by atoms with Gasteiger partial charge in [0, 0.05) is 49.6 Å². The summed E-state index contributed by atoms with van der Waals surface area (Å²) in [5.74, 6) is 1.39. The molecule has 0 radical (unpaired) electrons. The van der Waals surface area contributed by atoms with Crippen molar-refractivity contribution in [3.8, 4) is 28.8 Å². The zero-order chi connectivity index (χ0) is 36.0. The Morgan fingerprint density at radius 2 is 1.76 bits per heavy atom. The molecule has 3 atom stereocenters. The first-order valence-electron chi connectivity index (χ1n) is 17.7. The normalized spacial score (nSPS) is 21.9. The summed E-state index contributed by atoms with van der Waals surface area (Å²) >= 11 is 0. The van der Waals surface area contributed by atoms with E-state index in [9.17, 15) is 5.26 Å². The third kappa shape index (κ3) is 9.37. The smallest absolute Gasteiger partial charge is 0.256 e. The molecule has 6 rings (SSSR count). The third-order valence-electron chi connectivity index (χ3n) is 9.33. The van der Waals surface area contributed by atoms with E-state index in [1.54, 1.807) is 30.3 Å². The highest BCUT2D eigenvalue weighted by Crippen LogP contribution is 2.36. The van der Waals surface area contributed by atoms with Gasteiger partial charge >= 0.3 is 0 Å². The molecule has 0 bridgehead atoms. The lowest BCUT2D eigenvalue weighted by molar-refractivity contribution is -0.0852. The standard InChI is InChI=1S/C36H49N11O4/c1-24-17-45(18-25(2)50-24)30-9-11-31(12-10-30)47-20-32(34(42-47)49-22-36(4,5)21-48-6)41-35-38-15-29(16-39-35)27-7-8-28(14-37)33(13-27)51-26(3)19-46-23-40-43-44-46/h7-8,13,15-16,20,23-26,30-31H,9-12,17-19,21-22H2,1-6H3,(H,38,39,41)/t24-,25+,26-,30-,31-/m0/s1. The molecule has 1 saturated carbocycles. The lowest BCUT2D eigenvalue weighted by Gasteiger charge is -2.42. The molecule has 2 fully saturated rings. The highest BCUT2D eigenvalue weighted by molar-refractivity contribution is 5.67. The van der Waals surface area contributed by atoms with Crippen molar-refractivity contribution in [3.05, 3.63) is 48.7 Å². The van der Waals surface area contributed by atoms with Crippen LogP contribution in [0.25, 0.3) is 11.1 Å². The molecule has 0 spiro atoms. The van der Waals surface area contributed by atoms with Gasteiger partial charge in [0.15, 0.2) is 0 Å². The average molecular weight is 700 g/mol. The van der Waals surface area contributed by atoms with Crippen molar-refractivity contribution in [2.24, 2.45) is 5.41 Å². The number of hydrogen-bond donors (Lipinski definition) is 1. The van der Waals surface area contributed by atoms with Crippen LogP contribution in [0.3, 0.4) is 0 Å². The molecule has 0 amide bonds. The minimum Gasteiger partial charge on any atom is -0.487 e. The number of nitrogens with one attached hydrogen (secondary N) is 1. The molecule has 4 heterocycles. The van der Waals surface area contributed by atoms with Gasteiger partial charge in [0.2, 0.25) is 5.95 Å². The Hall–Kier alpha value is -4.65. The van der Waals surface area contributed by atoms with E-state index in [-0.39, 0.29) is 29.8 Å². The Kier molecular flexibility index (Phi) is 11.4. The fraction of sp³-hybridized carbons (Fsp3) is 0.583. The molecule has 1 N–H and O–H groups in total. The second-order valence-electron chi connectivity index (χ2n) is 14.6. The summed E-state index contributed by atoms with van der Waals surface area (Å²) in [6.45, 7) is 13.9. The average Bonchev–Trinajstić information content (AvgIpc) is 3.77. The van der Waals surface area contributed by atoms with Crippen molar-refractivity contribution in [2.45, 2.75) is 97.2 Å². The van der Waals surface area contributed by atoms with Gasteiger partial charge in [-0.25, -0.2) is 14.6 Å². The van der Waals surface area contributed by atoms with Gasteiger partial charge < -0.3 is 24.3 Å². The van der Waals surface area contributed by atoms with Gasteiger partial charge in [0.1, 0.15) is 29.9 Å². The van der Waals surface area contributed by atoms with Crippen LogP contribution in [0.15, 0.2) is 43.1 Å². The topological polar surface area (TPSA) is 163 Å². The largest absolute Gasteiger partial charge is 0.487 e. The maximum absolute atomic E-state index is 9.70. The first-order chi connectivity index (χ1) is 24.6. The number of anilines is 2. The van der Waals surface area contributed by atoms with Gasteiger partial charge in [-0.2, -0.15) is 5.26 Å². The SMILES string of the molecule is COCC(C)(C)COc1nn([C@H]2CC[C@H](N3C[C@@H](C)O[C@@H](C)C3)CC2)cc1Nc1ncc(-c2ccc(C#N)c(O[C@@H](C)Cn3cnnn3)c2)cn1. The van der Waals surface area contributed by atoms with Crippen molar-refractivity contribution in [1.82, 2.24) is 44.9 Å². The molecule has 2 aliphatic rings. The van der Waals surface area contributed by atoms with Crippen molar-refractivity contribution in [2.75, 3.05) is 38.7 Å². The minimum absolute atomic E-state index is 0.201. The highest BCUT2D eigenvalue weighted by atomic mass is 16.5. The zero-order valence-electron chi connectivity index (χ0n) is 30.4. The number of tetrazole rings is 1. The van der Waals surface area contributed by atoms with Crippen LogP contribution >= 0.6 is 0 Å². The Morgan fingerprint density at radius 1 is 1.04 bits per heavy atom. The van der Waals surface area contributed by atoms with E-state index in [1.807, 2.05) is 25.3 Å². The van der Waals surface area contributed by atoms with Gasteiger partial charge in [-0.3, -0.25) is 9.58 Å². The van der Waals surface area contributed by atoms with Gasteiger partial charge in [0.05, 0.1) is 49.8 Å². The van der Waals surface area contributed by atoms with Crippen molar-refractivity contribution >= 4 is 11.6 Å². The summed E-state index contributed by atoms with van der Waals surface area (Å²) in [6.07, 6.45) is 11.6. The predicted molar refractivity (Wildman–Crippen MR) is 190 cm³/mol. The second-order valence-corrected chi connectivity index (χ2v) is 14.6. The van der Waals surface area contributed by atoms with Crippen molar-refractivity contribution in [3.63, 3.8) is 0 Å². The maximum atomic E-state index is 9.70. The Bertz CT molecular complexity index is 1740. The Labute approximate surface area is 299 Å². The summed E-state index contributed by atoms with van der Waals surface area (Å²) in [4.78, 5) is 11.9. The van der Waals surface area contributed by atoms with Gasteiger partial charge in [-0.05, 0) is 74.6 Å². The molecule has 1 saturated heterocycles. The Balaban J connectivity index is 1.15. The van der Waals surface area contributed by atoms with E-state index in [0.29, 0.717) is 54.6 Å². The minimum atomic E-state index is -0.275. The van der Waals surface area contributed by atoms with Crippen LogP contribution < -0.4 is 14.8 Å². The summed E-state index contributed by atoms with van der Waals surface area (Å²) in [7, 11) is 1.70. The van der Waals surface area contributed by atoms with E-state index < -0.39 is 0 Å². The van der Waals surface area contributed by atoms with Crippen LogP contribution in [0.5, 0.6) is 11.6 Å². The summed E-state index contributed by atoms with van der Waals surface area (Å²) in [6, 6.07) is 8.47. The van der Waals surface area contributed by atoms with Gasteiger partial charge in [-0.15, -0.1) is 10.2 Å². The van der Waals surface area contributed by atoms with E-state index in [4.69, 9.17) is 24.0 Å². The third-order valence-corrected chi connectivity index (χ3v) is 9.33. The van der Waals surface area contributed by atoms with Crippen LogP contribution in [0.2, 0.25) is 0 Å². The Morgan fingerprint density at radius 3 is 2.43 bits per heavy atom. The second kappa shape index (κ2) is 16.1. The molecular weight excluding hydrogens is 650 g/mol. The highest BCUT2D eigenvalue weighted by Gasteiger charge is 2.32. The fourth-order valence-corrected chi connectivity index (χ4v) is 6.99. The number of hydrogen-bond acceptors (Lipinski definition) is 13. The number of nitriles is 1. The maximum Gasteiger partial charge on any atom is 0.256 e. The molecule has 51 heavy (non-hydrogen) atoms. The number of nitrogens with zero attached hydrogens (tertiary/aromatic N) is 10. The number of methoxy groups -OCH3 is 1. The summed E-state index contributed by atoms with van der Waals surface area (Å²) in [5.41, 5.74) is 2.53. The fourth-order valence-electron chi connectivity index (χ4n) is 6.99. The molecule has 15 heteroatoms. The zero-order valence-corrected chi connectivity index (χ0v) is 30.4. The van der Waals surface area contributed by atoms with Crippen LogP contribution in [0.1, 0.15) is 71.9 Å². The molecule has 1 aromatic carbocycles. The van der Waals surface area contributed by atoms with E-state index in [2.05, 4.69) is 74.2 Å². The predicted octanol–water partition coefficient (Wildman–Crippen LogP) is 5.05. The van der Waals surface area contributed by atoms with E-state index >= 15 is 0 Å². The van der Waals surface area contributed by atoms with Gasteiger partial charge in [-0.1, -0.05) is 19.9 Å². The number of aromatic nitrogens is 8. The number of ether oxygens (including phenoxy) is 4. The van der Waals surface area contributed by atoms with Crippen LogP contribution in [-0.4, -0.2) is 103 Å². The molecular formula is C36H49N11O4. The van der Waals surface area contributed by atoms with Crippen molar-refractivity contribution < 1.29 is 18.9 Å². The molecule has 1 aliphatic carbocycles. The summed E-state index contributed by atoms with van der Waals surface area (Å²) < 4.78 is 27.5. The van der Waals surface area contributed by atoms with Crippen molar-refractivity contribution in [1.29, 1.82) is 5.26 Å². The lowest BCUT2D eigenvalue weighted by atomic mass is 9.89. The van der Waals surface area contributed by atoms with Crippen LogP contribution in [0.4, 0.5) is 11.6 Å². The lowest BCUT2D eigenvalue weighted by Crippen LogP contribution is -2.51. The van der Waals surface area contributed by atoms with Gasteiger partial charge in [0.25, 0.3) is 5.88 Å². The molecule has 272 valence electrons. The molecule has 0 unspecified atom stereocenters. The molecule has 3 aromatic heterocycles. The number of rotatable bonds is 14. The molecule has 1 aliphatic heterocycles. The monoisotopic (exact) mass is 699 g/mol. The molecule has 4 aromatic rings. The molecule has 15 nitrogen and oxygen atoms in total. The number of benzene rings is 1. The first kappa shape index (κ1) is 36.2. The first-order valence-corrected chi connectivity index (χ1v) is 17.7. The van der Waals surface area contributed by atoms with Crippen LogP contribution in [-0.2, 0) is 16.0 Å². The summed E-state index contributed by atoms with van der Waals surface area (Å²) in [5, 5.41) is 29.2. The number of morpholine rings is 1. The van der Waals surface area contributed by atoms with E-state index in [1.165, 1.54) is 6.33 Å². The van der Waals surface area contributed by atoms with E-state index in [0.717, 1.165) is 49.9 Å². The van der Waals surface area contributed by atoms with Crippen LogP contribution in [0, 0.1) is 16.7 Å².